The Morgan fingerprint density at radius 1 is 1.52 bits per heavy atom. The van der Waals surface area contributed by atoms with Gasteiger partial charge >= 0.3 is 0 Å². The molecule has 1 heterocycles. The van der Waals surface area contributed by atoms with Crippen LogP contribution in [0.15, 0.2) is 41.1 Å². The predicted molar refractivity (Wildman–Crippen MR) is 85.0 cm³/mol. The molecule has 5 heteroatoms. The lowest BCUT2D eigenvalue weighted by Gasteiger charge is -2.31. The number of halogens is 1. The van der Waals surface area contributed by atoms with Crippen molar-refractivity contribution in [2.75, 3.05) is 0 Å². The summed E-state index contributed by atoms with van der Waals surface area (Å²) in [5.74, 6) is 0.485. The number of nitrogens with two attached hydrogens (primary N) is 1. The number of nitrogens with zero attached hydrogens (tertiary/aromatic N) is 2. The Morgan fingerprint density at radius 3 is 2.90 bits per heavy atom. The molecule has 1 aromatic heterocycles. The van der Waals surface area contributed by atoms with Crippen molar-refractivity contribution in [3.05, 3.63) is 52.5 Å². The maximum atomic E-state index is 11.5. The lowest BCUT2D eigenvalue weighted by Crippen LogP contribution is -2.32. The zero-order valence-corrected chi connectivity index (χ0v) is 13.5. The fraction of sp³-hybridized carbons (Fsp3) is 0.375. The Morgan fingerprint density at radius 2 is 2.29 bits per heavy atom. The molecule has 1 atom stereocenters. The zero-order valence-electron chi connectivity index (χ0n) is 11.9. The number of hydrogen-bond donors (Lipinski definition) is 1. The van der Waals surface area contributed by atoms with Crippen molar-refractivity contribution in [3.8, 4) is 0 Å². The van der Waals surface area contributed by atoms with Crippen LogP contribution in [-0.4, -0.2) is 15.5 Å². The van der Waals surface area contributed by atoms with Gasteiger partial charge in [0.1, 0.15) is 0 Å². The maximum Gasteiger partial charge on any atom is 0.284 e. The molecule has 1 fully saturated rings. The molecule has 3 rings (SSSR count). The Balaban J connectivity index is 1.98. The predicted octanol–water partition coefficient (Wildman–Crippen LogP) is 3.11. The second kappa shape index (κ2) is 5.30. The fourth-order valence-corrected chi connectivity index (χ4v) is 3.44. The van der Waals surface area contributed by atoms with E-state index in [0.717, 1.165) is 4.47 Å². The fourth-order valence-electron chi connectivity index (χ4n) is 3.04. The quantitative estimate of drug-likeness (QED) is 0.903. The van der Waals surface area contributed by atoms with E-state index in [-0.39, 0.29) is 5.41 Å². The van der Waals surface area contributed by atoms with Crippen molar-refractivity contribution >= 4 is 21.8 Å². The van der Waals surface area contributed by atoms with E-state index in [9.17, 15) is 4.79 Å². The number of hydrogen-bond acceptors (Lipinski definition) is 2. The van der Waals surface area contributed by atoms with Gasteiger partial charge in [0, 0.05) is 28.8 Å². The Labute approximate surface area is 132 Å². The molecule has 1 aliphatic rings. The third-order valence-electron chi connectivity index (χ3n) is 4.40. The maximum absolute atomic E-state index is 11.5. The molecule has 4 nitrogen and oxygen atoms in total. The Kier molecular flexibility index (Phi) is 3.61. The number of aromatic nitrogens is 2. The van der Waals surface area contributed by atoms with E-state index >= 15 is 0 Å². The van der Waals surface area contributed by atoms with Crippen LogP contribution in [-0.2, 0) is 12.0 Å². The van der Waals surface area contributed by atoms with Gasteiger partial charge in [0.25, 0.3) is 5.91 Å². The van der Waals surface area contributed by atoms with Crippen LogP contribution >= 0.6 is 15.9 Å². The molecule has 1 unspecified atom stereocenters. The molecule has 21 heavy (non-hydrogen) atoms. The van der Waals surface area contributed by atoms with Gasteiger partial charge in [-0.2, -0.15) is 0 Å². The average Bonchev–Trinajstić information content (AvgIpc) is 3.20. The number of primary amides is 1. The van der Waals surface area contributed by atoms with Crippen LogP contribution in [0.4, 0.5) is 0 Å². The molecule has 0 aliphatic heterocycles. The highest BCUT2D eigenvalue weighted by Gasteiger charge is 2.43. The zero-order chi connectivity index (χ0) is 15.0. The third kappa shape index (κ3) is 2.75. The second-order valence-corrected chi connectivity index (χ2v) is 6.86. The lowest BCUT2D eigenvalue weighted by atomic mass is 9.77. The Bertz CT molecular complexity index is 678. The number of amides is 1. The van der Waals surface area contributed by atoms with Gasteiger partial charge in [-0.05, 0) is 36.5 Å². The van der Waals surface area contributed by atoms with E-state index < -0.39 is 5.91 Å². The minimum Gasteiger partial charge on any atom is -0.363 e. The summed E-state index contributed by atoms with van der Waals surface area (Å²) >= 11 is 3.55. The van der Waals surface area contributed by atoms with Crippen LogP contribution in [0.25, 0.3) is 0 Å². The van der Waals surface area contributed by atoms with E-state index in [1.165, 1.54) is 18.4 Å². The molecule has 1 amide bonds. The third-order valence-corrected chi connectivity index (χ3v) is 4.89. The van der Waals surface area contributed by atoms with E-state index in [2.05, 4.69) is 46.0 Å². The van der Waals surface area contributed by atoms with E-state index in [0.29, 0.717) is 18.3 Å². The van der Waals surface area contributed by atoms with Gasteiger partial charge in [0.05, 0.1) is 0 Å². The van der Waals surface area contributed by atoms with Gasteiger partial charge in [-0.25, -0.2) is 4.98 Å². The van der Waals surface area contributed by atoms with Crippen molar-refractivity contribution in [2.45, 2.75) is 31.7 Å². The number of imidazole rings is 1. The van der Waals surface area contributed by atoms with Crippen LogP contribution in [0, 0.1) is 5.92 Å². The topological polar surface area (TPSA) is 60.9 Å². The molecule has 110 valence electrons. The first-order chi connectivity index (χ1) is 10.0. The molecule has 1 aromatic carbocycles. The molecule has 0 bridgehead atoms. The summed E-state index contributed by atoms with van der Waals surface area (Å²) in [4.78, 5) is 15.5. The van der Waals surface area contributed by atoms with Crippen LogP contribution < -0.4 is 5.73 Å². The van der Waals surface area contributed by atoms with E-state index in [1.807, 2.05) is 16.8 Å². The molecule has 2 N–H and O–H groups in total. The smallest absolute Gasteiger partial charge is 0.284 e. The number of rotatable bonds is 5. The summed E-state index contributed by atoms with van der Waals surface area (Å²) in [6.07, 6.45) is 5.92. The number of benzene rings is 1. The van der Waals surface area contributed by atoms with Gasteiger partial charge in [-0.15, -0.1) is 0 Å². The SMILES string of the molecule is CC(Cn1ccnc1C(N)=O)(c1cccc(Br)c1)C1CC1. The van der Waals surface area contributed by atoms with E-state index in [4.69, 9.17) is 5.73 Å². The monoisotopic (exact) mass is 347 g/mol. The lowest BCUT2D eigenvalue weighted by molar-refractivity contribution is 0.0984. The second-order valence-electron chi connectivity index (χ2n) is 5.95. The summed E-state index contributed by atoms with van der Waals surface area (Å²) in [6.45, 7) is 2.98. The minimum atomic E-state index is -0.479. The summed E-state index contributed by atoms with van der Waals surface area (Å²) in [7, 11) is 0. The van der Waals surface area contributed by atoms with Gasteiger partial charge in [-0.1, -0.05) is 35.0 Å². The van der Waals surface area contributed by atoms with Gasteiger partial charge in [0.15, 0.2) is 5.82 Å². The van der Waals surface area contributed by atoms with Crippen molar-refractivity contribution < 1.29 is 4.79 Å². The van der Waals surface area contributed by atoms with Gasteiger partial charge in [0.2, 0.25) is 0 Å². The normalized spacial score (nSPS) is 17.4. The highest BCUT2D eigenvalue weighted by atomic mass is 79.9. The number of carbonyl (C=O) groups excluding carboxylic acids is 1. The van der Waals surface area contributed by atoms with E-state index in [1.54, 1.807) is 6.20 Å². The van der Waals surface area contributed by atoms with Gasteiger partial charge < -0.3 is 10.3 Å². The van der Waals surface area contributed by atoms with Crippen molar-refractivity contribution in [1.82, 2.24) is 9.55 Å². The largest absolute Gasteiger partial charge is 0.363 e. The Hall–Kier alpha value is -1.62. The molecule has 1 aliphatic carbocycles. The molecular weight excluding hydrogens is 330 g/mol. The molecule has 2 aromatic rings. The molecule has 0 radical (unpaired) electrons. The molecular formula is C16H18BrN3O. The van der Waals surface area contributed by atoms with Crippen molar-refractivity contribution in [3.63, 3.8) is 0 Å². The first kappa shape index (κ1) is 14.3. The summed E-state index contributed by atoms with van der Waals surface area (Å²) in [5.41, 5.74) is 6.66. The van der Waals surface area contributed by atoms with Crippen LogP contribution in [0.2, 0.25) is 0 Å². The average molecular weight is 348 g/mol. The van der Waals surface area contributed by atoms with Crippen molar-refractivity contribution in [1.29, 1.82) is 0 Å². The summed E-state index contributed by atoms with van der Waals surface area (Å²) in [5, 5.41) is 0. The minimum absolute atomic E-state index is 0.0192. The first-order valence-corrected chi connectivity index (χ1v) is 7.87. The molecule has 0 saturated heterocycles. The van der Waals surface area contributed by atoms with Crippen LogP contribution in [0.1, 0.15) is 35.9 Å². The summed E-state index contributed by atoms with van der Waals surface area (Å²) < 4.78 is 2.95. The van der Waals surface area contributed by atoms with Crippen LogP contribution in [0.3, 0.4) is 0 Å². The van der Waals surface area contributed by atoms with Crippen molar-refractivity contribution in [2.24, 2.45) is 11.7 Å². The molecule has 1 saturated carbocycles. The number of carbonyl (C=O) groups is 1. The summed E-state index contributed by atoms with van der Waals surface area (Å²) in [6, 6.07) is 8.41. The van der Waals surface area contributed by atoms with Crippen LogP contribution in [0.5, 0.6) is 0 Å². The highest BCUT2D eigenvalue weighted by Crippen LogP contribution is 2.48. The standard InChI is InChI=1S/C16H18BrN3O/c1-16(11-5-6-11,12-3-2-4-13(17)9-12)10-20-8-7-19-15(20)14(18)21/h2-4,7-9,11H,5-6,10H2,1H3,(H2,18,21). The first-order valence-electron chi connectivity index (χ1n) is 7.08. The van der Waals surface area contributed by atoms with Gasteiger partial charge in [-0.3, -0.25) is 4.79 Å². The molecule has 0 spiro atoms. The highest BCUT2D eigenvalue weighted by molar-refractivity contribution is 9.10.